The van der Waals surface area contributed by atoms with E-state index in [0.29, 0.717) is 5.69 Å². The average molecular weight is 311 g/mol. The molecule has 0 heterocycles. The fraction of sp³-hybridized carbons (Fsp3) is 0.500. The molecule has 1 aliphatic rings. The number of amides is 1. The van der Waals surface area contributed by atoms with E-state index in [2.05, 4.69) is 28.2 Å². The topological polar surface area (TPSA) is 55.1 Å². The molecule has 1 aliphatic carbocycles. The van der Waals surface area contributed by atoms with E-state index in [1.165, 1.54) is 0 Å². The summed E-state index contributed by atoms with van der Waals surface area (Å²) in [6.07, 6.45) is 5.22. The molecule has 0 saturated heterocycles. The van der Waals surface area contributed by atoms with Crippen LogP contribution in [0, 0.1) is 5.41 Å². The van der Waals surface area contributed by atoms with Gasteiger partial charge in [-0.25, -0.2) is 0 Å². The highest BCUT2D eigenvalue weighted by molar-refractivity contribution is 9.10. The van der Waals surface area contributed by atoms with Crippen molar-refractivity contribution >= 4 is 33.2 Å². The van der Waals surface area contributed by atoms with Gasteiger partial charge in [0.15, 0.2) is 0 Å². The molecule has 0 spiro atoms. The minimum Gasteiger partial charge on any atom is -0.398 e. The third kappa shape index (κ3) is 2.53. The minimum atomic E-state index is -0.165. The van der Waals surface area contributed by atoms with Gasteiger partial charge < -0.3 is 11.1 Å². The maximum Gasteiger partial charge on any atom is 0.230 e. The third-order valence-electron chi connectivity index (χ3n) is 3.97. The summed E-state index contributed by atoms with van der Waals surface area (Å²) >= 11 is 3.35. The fourth-order valence-corrected chi connectivity index (χ4v) is 2.92. The summed E-state index contributed by atoms with van der Waals surface area (Å²) in [5, 5.41) is 3.00. The summed E-state index contributed by atoms with van der Waals surface area (Å²) in [5.41, 5.74) is 7.07. The molecule has 0 unspecified atom stereocenters. The van der Waals surface area contributed by atoms with Crippen LogP contribution in [0.2, 0.25) is 0 Å². The number of nitrogens with one attached hydrogen (secondary N) is 1. The molecule has 0 bridgehead atoms. The number of hydrogen-bond acceptors (Lipinski definition) is 2. The van der Waals surface area contributed by atoms with Gasteiger partial charge in [-0.15, -0.1) is 0 Å². The molecule has 4 heteroatoms. The van der Waals surface area contributed by atoms with Gasteiger partial charge >= 0.3 is 0 Å². The van der Waals surface area contributed by atoms with E-state index in [-0.39, 0.29) is 11.3 Å². The third-order valence-corrected chi connectivity index (χ3v) is 4.70. The molecule has 0 radical (unpaired) electrons. The summed E-state index contributed by atoms with van der Waals surface area (Å²) < 4.78 is 0.853. The first-order chi connectivity index (χ1) is 8.57. The van der Waals surface area contributed by atoms with Crippen molar-refractivity contribution in [3.63, 3.8) is 0 Å². The van der Waals surface area contributed by atoms with Crippen molar-refractivity contribution in [2.24, 2.45) is 5.41 Å². The van der Waals surface area contributed by atoms with Crippen LogP contribution in [-0.4, -0.2) is 5.91 Å². The first kappa shape index (κ1) is 13.4. The van der Waals surface area contributed by atoms with Crippen LogP contribution in [0.5, 0.6) is 0 Å². The second kappa shape index (κ2) is 5.31. The average Bonchev–Trinajstić information content (AvgIpc) is 2.84. The quantitative estimate of drug-likeness (QED) is 0.831. The molecule has 1 amide bonds. The van der Waals surface area contributed by atoms with Crippen LogP contribution >= 0.6 is 15.9 Å². The van der Waals surface area contributed by atoms with Crippen LogP contribution < -0.4 is 11.1 Å². The standard InChI is InChI=1S/C14H19BrN2O/c1-2-14(7-3-4-8-14)13(18)17-10-5-6-11(15)12(16)9-10/h5-6,9H,2-4,7-8,16H2,1H3,(H,17,18). The lowest BCUT2D eigenvalue weighted by atomic mass is 9.82. The van der Waals surface area contributed by atoms with Gasteiger partial charge in [0.05, 0.1) is 0 Å². The van der Waals surface area contributed by atoms with Crippen molar-refractivity contribution < 1.29 is 4.79 Å². The molecule has 98 valence electrons. The van der Waals surface area contributed by atoms with E-state index in [0.717, 1.165) is 42.3 Å². The van der Waals surface area contributed by atoms with Crippen molar-refractivity contribution in [2.45, 2.75) is 39.0 Å². The number of hydrogen-bond donors (Lipinski definition) is 2. The molecule has 1 aromatic carbocycles. The van der Waals surface area contributed by atoms with Crippen LogP contribution in [0.4, 0.5) is 11.4 Å². The van der Waals surface area contributed by atoms with Gasteiger partial charge in [-0.1, -0.05) is 19.8 Å². The molecule has 1 aromatic rings. The smallest absolute Gasteiger partial charge is 0.230 e. The van der Waals surface area contributed by atoms with Gasteiger partial charge in [-0.2, -0.15) is 0 Å². The van der Waals surface area contributed by atoms with Crippen molar-refractivity contribution in [2.75, 3.05) is 11.1 Å². The van der Waals surface area contributed by atoms with Crippen molar-refractivity contribution in [3.8, 4) is 0 Å². The van der Waals surface area contributed by atoms with Crippen LogP contribution in [0.1, 0.15) is 39.0 Å². The number of anilines is 2. The Morgan fingerprint density at radius 1 is 1.44 bits per heavy atom. The summed E-state index contributed by atoms with van der Waals surface area (Å²) in [5.74, 6) is 0.143. The Morgan fingerprint density at radius 2 is 2.11 bits per heavy atom. The Labute approximate surface area is 116 Å². The lowest BCUT2D eigenvalue weighted by Gasteiger charge is -2.26. The van der Waals surface area contributed by atoms with E-state index in [9.17, 15) is 4.79 Å². The number of rotatable bonds is 3. The highest BCUT2D eigenvalue weighted by Crippen LogP contribution is 2.42. The second-order valence-corrected chi connectivity index (χ2v) is 5.89. The Bertz CT molecular complexity index is 453. The number of benzene rings is 1. The Hall–Kier alpha value is -1.03. The van der Waals surface area contributed by atoms with Crippen LogP contribution in [-0.2, 0) is 4.79 Å². The van der Waals surface area contributed by atoms with Gasteiger partial charge in [-0.05, 0) is 53.4 Å². The number of carbonyl (C=O) groups excluding carboxylic acids is 1. The number of nitrogen functional groups attached to an aromatic ring is 1. The molecule has 1 saturated carbocycles. The fourth-order valence-electron chi connectivity index (χ4n) is 2.68. The first-order valence-electron chi connectivity index (χ1n) is 6.44. The van der Waals surface area contributed by atoms with Crippen molar-refractivity contribution in [1.82, 2.24) is 0 Å². The van der Waals surface area contributed by atoms with Gasteiger partial charge in [0.2, 0.25) is 5.91 Å². The number of nitrogens with two attached hydrogens (primary N) is 1. The van der Waals surface area contributed by atoms with Gasteiger partial charge in [0, 0.05) is 21.3 Å². The maximum atomic E-state index is 12.4. The lowest BCUT2D eigenvalue weighted by molar-refractivity contribution is -0.125. The molecule has 0 aliphatic heterocycles. The summed E-state index contributed by atoms with van der Waals surface area (Å²) in [7, 11) is 0. The zero-order valence-corrected chi connectivity index (χ0v) is 12.2. The first-order valence-corrected chi connectivity index (χ1v) is 7.23. The molecule has 3 nitrogen and oxygen atoms in total. The highest BCUT2D eigenvalue weighted by Gasteiger charge is 2.39. The van der Waals surface area contributed by atoms with E-state index in [1.54, 1.807) is 6.07 Å². The van der Waals surface area contributed by atoms with Crippen molar-refractivity contribution in [3.05, 3.63) is 22.7 Å². The monoisotopic (exact) mass is 310 g/mol. The second-order valence-electron chi connectivity index (χ2n) is 5.03. The summed E-state index contributed by atoms with van der Waals surface area (Å²) in [6, 6.07) is 5.52. The Balaban J connectivity index is 2.13. The zero-order chi connectivity index (χ0) is 13.2. The van der Waals surface area contributed by atoms with Gasteiger partial charge in [0.1, 0.15) is 0 Å². The normalized spacial score (nSPS) is 17.7. The number of halogens is 1. The zero-order valence-electron chi connectivity index (χ0n) is 10.6. The molecular formula is C14H19BrN2O. The van der Waals surface area contributed by atoms with Gasteiger partial charge in [-0.3, -0.25) is 4.79 Å². The molecule has 2 rings (SSSR count). The van der Waals surface area contributed by atoms with Crippen LogP contribution in [0.25, 0.3) is 0 Å². The van der Waals surface area contributed by atoms with Crippen LogP contribution in [0.15, 0.2) is 22.7 Å². The lowest BCUT2D eigenvalue weighted by Crippen LogP contribution is -2.33. The molecule has 0 atom stereocenters. The molecular weight excluding hydrogens is 292 g/mol. The molecule has 18 heavy (non-hydrogen) atoms. The Morgan fingerprint density at radius 3 is 2.67 bits per heavy atom. The van der Waals surface area contributed by atoms with Crippen LogP contribution in [0.3, 0.4) is 0 Å². The predicted molar refractivity (Wildman–Crippen MR) is 78.4 cm³/mol. The Kier molecular flexibility index (Phi) is 3.95. The summed E-state index contributed by atoms with van der Waals surface area (Å²) in [6.45, 7) is 2.10. The SMILES string of the molecule is CCC1(C(=O)Nc2ccc(Br)c(N)c2)CCCC1. The minimum absolute atomic E-state index is 0.143. The summed E-state index contributed by atoms with van der Waals surface area (Å²) in [4.78, 5) is 12.4. The molecule has 1 fully saturated rings. The largest absolute Gasteiger partial charge is 0.398 e. The number of carbonyl (C=O) groups is 1. The maximum absolute atomic E-state index is 12.4. The predicted octanol–water partition coefficient (Wildman–Crippen LogP) is 3.94. The van der Waals surface area contributed by atoms with E-state index in [1.807, 2.05) is 12.1 Å². The van der Waals surface area contributed by atoms with E-state index < -0.39 is 0 Å². The highest BCUT2D eigenvalue weighted by atomic mass is 79.9. The van der Waals surface area contributed by atoms with Crippen molar-refractivity contribution in [1.29, 1.82) is 0 Å². The van der Waals surface area contributed by atoms with E-state index in [4.69, 9.17) is 5.73 Å². The van der Waals surface area contributed by atoms with E-state index >= 15 is 0 Å². The molecule has 3 N–H and O–H groups in total. The van der Waals surface area contributed by atoms with Gasteiger partial charge in [0.25, 0.3) is 0 Å². The molecule has 0 aromatic heterocycles.